The first-order valence-electron chi connectivity index (χ1n) is 6.61. The van der Waals surface area contributed by atoms with E-state index in [9.17, 15) is 0 Å². The zero-order valence-corrected chi connectivity index (χ0v) is 11.1. The van der Waals surface area contributed by atoms with Gasteiger partial charge in [0.15, 0.2) is 0 Å². The largest absolute Gasteiger partial charge is 0.332 e. The van der Waals surface area contributed by atoms with Crippen molar-refractivity contribution in [3.63, 3.8) is 0 Å². The summed E-state index contributed by atoms with van der Waals surface area (Å²) in [5, 5.41) is 0. The van der Waals surface area contributed by atoms with Gasteiger partial charge in [-0.2, -0.15) is 0 Å². The number of likely N-dealkylation sites (N-methyl/N-ethyl adjacent to an activating group) is 1. The first-order valence-corrected chi connectivity index (χ1v) is 6.61. The summed E-state index contributed by atoms with van der Waals surface area (Å²) in [6.45, 7) is 5.37. The van der Waals surface area contributed by atoms with Crippen LogP contribution in [0.3, 0.4) is 0 Å². The van der Waals surface area contributed by atoms with Gasteiger partial charge in [-0.25, -0.2) is 4.98 Å². The van der Waals surface area contributed by atoms with E-state index in [1.54, 1.807) is 0 Å². The van der Waals surface area contributed by atoms with Crippen LogP contribution in [0.1, 0.15) is 44.8 Å². The van der Waals surface area contributed by atoms with E-state index in [0.29, 0.717) is 6.04 Å². The zero-order valence-electron chi connectivity index (χ0n) is 11.1. The van der Waals surface area contributed by atoms with Crippen LogP contribution < -0.4 is 5.73 Å². The maximum Gasteiger partial charge on any atom is 0.0949 e. The second-order valence-corrected chi connectivity index (χ2v) is 5.23. The van der Waals surface area contributed by atoms with Gasteiger partial charge in [-0.15, -0.1) is 0 Å². The van der Waals surface area contributed by atoms with Crippen molar-refractivity contribution >= 4 is 0 Å². The van der Waals surface area contributed by atoms with Crippen molar-refractivity contribution in [2.24, 2.45) is 5.73 Å². The van der Waals surface area contributed by atoms with Crippen LogP contribution in [0.2, 0.25) is 0 Å². The summed E-state index contributed by atoms with van der Waals surface area (Å²) in [5.74, 6) is 0. The van der Waals surface area contributed by atoms with Gasteiger partial charge in [0.05, 0.1) is 12.0 Å². The lowest BCUT2D eigenvalue weighted by molar-refractivity contribution is 0.223. The summed E-state index contributed by atoms with van der Waals surface area (Å²) in [6, 6.07) is 1.45. The lowest BCUT2D eigenvalue weighted by atomic mass is 10.2. The third-order valence-electron chi connectivity index (χ3n) is 3.84. The zero-order chi connectivity index (χ0) is 12.4. The van der Waals surface area contributed by atoms with Crippen molar-refractivity contribution in [2.45, 2.75) is 57.8 Å². The first kappa shape index (κ1) is 12.6. The number of hydrogen-bond donors (Lipinski definition) is 1. The van der Waals surface area contributed by atoms with Crippen LogP contribution in [0, 0.1) is 0 Å². The maximum absolute atomic E-state index is 6.09. The smallest absolute Gasteiger partial charge is 0.0949 e. The highest BCUT2D eigenvalue weighted by Crippen LogP contribution is 2.27. The molecular formula is C13H24N4. The number of nitrogens with two attached hydrogens (primary N) is 1. The molecule has 0 aromatic carbocycles. The Morgan fingerprint density at radius 1 is 1.59 bits per heavy atom. The van der Waals surface area contributed by atoms with E-state index in [1.165, 1.54) is 12.8 Å². The van der Waals surface area contributed by atoms with Crippen molar-refractivity contribution in [1.29, 1.82) is 0 Å². The first-order chi connectivity index (χ1) is 8.13. The Balaban J connectivity index is 1.99. The van der Waals surface area contributed by atoms with E-state index in [-0.39, 0.29) is 6.04 Å². The van der Waals surface area contributed by atoms with Crippen molar-refractivity contribution in [2.75, 3.05) is 7.05 Å². The van der Waals surface area contributed by atoms with Gasteiger partial charge in [-0.1, -0.05) is 6.92 Å². The SMILES string of the molecule is CC[C@@H](N)c1cncn1CC(C)N(C)C1CC1. The van der Waals surface area contributed by atoms with Gasteiger partial charge in [-0.3, -0.25) is 4.90 Å². The average molecular weight is 236 g/mol. The molecule has 4 heteroatoms. The minimum Gasteiger partial charge on any atom is -0.332 e. The minimum atomic E-state index is 0.107. The van der Waals surface area contributed by atoms with Crippen LogP contribution in [0.5, 0.6) is 0 Å². The molecule has 2 N–H and O–H groups in total. The van der Waals surface area contributed by atoms with Crippen molar-refractivity contribution in [3.05, 3.63) is 18.2 Å². The Morgan fingerprint density at radius 2 is 2.29 bits per heavy atom. The molecule has 0 spiro atoms. The molecular weight excluding hydrogens is 212 g/mol. The molecule has 2 rings (SSSR count). The Kier molecular flexibility index (Phi) is 3.84. The highest BCUT2D eigenvalue weighted by Gasteiger charge is 2.29. The summed E-state index contributed by atoms with van der Waals surface area (Å²) in [4.78, 5) is 6.70. The summed E-state index contributed by atoms with van der Waals surface area (Å²) in [6.07, 6.45) is 7.47. The standard InChI is InChI=1S/C13H24N4/c1-4-12(14)13-7-15-9-17(13)8-10(2)16(3)11-5-6-11/h7,9-12H,4-6,8,14H2,1-3H3/t10?,12-/m1/s1. The van der Waals surface area contributed by atoms with E-state index in [1.807, 2.05) is 12.5 Å². The molecule has 2 atom stereocenters. The number of aromatic nitrogens is 2. The van der Waals surface area contributed by atoms with Crippen molar-refractivity contribution in [3.8, 4) is 0 Å². The molecule has 1 aliphatic rings. The number of imidazole rings is 1. The molecule has 4 nitrogen and oxygen atoms in total. The second kappa shape index (κ2) is 5.19. The maximum atomic E-state index is 6.09. The van der Waals surface area contributed by atoms with E-state index >= 15 is 0 Å². The van der Waals surface area contributed by atoms with Gasteiger partial charge in [0.25, 0.3) is 0 Å². The van der Waals surface area contributed by atoms with Gasteiger partial charge in [-0.05, 0) is 33.2 Å². The summed E-state index contributed by atoms with van der Waals surface area (Å²) in [7, 11) is 2.22. The van der Waals surface area contributed by atoms with E-state index in [2.05, 4.69) is 35.3 Å². The number of nitrogens with zero attached hydrogens (tertiary/aromatic N) is 3. The van der Waals surface area contributed by atoms with E-state index in [0.717, 1.165) is 24.7 Å². The molecule has 1 aliphatic carbocycles. The van der Waals surface area contributed by atoms with Crippen LogP contribution in [0.25, 0.3) is 0 Å². The molecule has 0 aliphatic heterocycles. The molecule has 1 aromatic rings. The highest BCUT2D eigenvalue weighted by molar-refractivity contribution is 5.04. The Morgan fingerprint density at radius 3 is 2.88 bits per heavy atom. The lowest BCUT2D eigenvalue weighted by Gasteiger charge is -2.26. The predicted octanol–water partition coefficient (Wildman–Crippen LogP) is 1.78. The Labute approximate surface area is 104 Å². The molecule has 0 saturated heterocycles. The highest BCUT2D eigenvalue weighted by atomic mass is 15.2. The summed E-state index contributed by atoms with van der Waals surface area (Å²) in [5.41, 5.74) is 7.25. The quantitative estimate of drug-likeness (QED) is 0.819. The monoisotopic (exact) mass is 236 g/mol. The Hall–Kier alpha value is -0.870. The molecule has 1 aromatic heterocycles. The molecule has 0 bridgehead atoms. The fourth-order valence-electron chi connectivity index (χ4n) is 2.26. The van der Waals surface area contributed by atoms with Crippen molar-refractivity contribution < 1.29 is 0 Å². The number of hydrogen-bond acceptors (Lipinski definition) is 3. The Bertz CT molecular complexity index is 356. The van der Waals surface area contributed by atoms with Gasteiger partial charge in [0.1, 0.15) is 0 Å². The third kappa shape index (κ3) is 2.87. The van der Waals surface area contributed by atoms with Gasteiger partial charge < -0.3 is 10.3 Å². The molecule has 17 heavy (non-hydrogen) atoms. The van der Waals surface area contributed by atoms with Gasteiger partial charge in [0, 0.05) is 30.9 Å². The van der Waals surface area contributed by atoms with Crippen LogP contribution in [0.4, 0.5) is 0 Å². The average Bonchev–Trinajstić information content (AvgIpc) is 3.08. The molecule has 0 radical (unpaired) electrons. The van der Waals surface area contributed by atoms with Gasteiger partial charge in [0.2, 0.25) is 0 Å². The van der Waals surface area contributed by atoms with Crippen LogP contribution in [0.15, 0.2) is 12.5 Å². The van der Waals surface area contributed by atoms with Gasteiger partial charge >= 0.3 is 0 Å². The number of rotatable bonds is 6. The normalized spacial score (nSPS) is 19.6. The lowest BCUT2D eigenvalue weighted by Crippen LogP contribution is -2.35. The summed E-state index contributed by atoms with van der Waals surface area (Å²) >= 11 is 0. The van der Waals surface area contributed by atoms with Crippen LogP contribution in [-0.2, 0) is 6.54 Å². The fraction of sp³-hybridized carbons (Fsp3) is 0.769. The fourth-order valence-corrected chi connectivity index (χ4v) is 2.26. The molecule has 1 heterocycles. The van der Waals surface area contributed by atoms with E-state index in [4.69, 9.17) is 5.73 Å². The summed E-state index contributed by atoms with van der Waals surface area (Å²) < 4.78 is 2.21. The van der Waals surface area contributed by atoms with Crippen LogP contribution >= 0.6 is 0 Å². The topological polar surface area (TPSA) is 47.1 Å². The second-order valence-electron chi connectivity index (χ2n) is 5.23. The van der Waals surface area contributed by atoms with Crippen LogP contribution in [-0.4, -0.2) is 33.6 Å². The molecule has 1 saturated carbocycles. The minimum absolute atomic E-state index is 0.107. The predicted molar refractivity (Wildman–Crippen MR) is 69.7 cm³/mol. The van der Waals surface area contributed by atoms with Crippen molar-refractivity contribution in [1.82, 2.24) is 14.5 Å². The molecule has 96 valence electrons. The van der Waals surface area contributed by atoms with E-state index < -0.39 is 0 Å². The third-order valence-corrected chi connectivity index (χ3v) is 3.84. The molecule has 1 unspecified atom stereocenters. The molecule has 0 amide bonds. The molecule has 1 fully saturated rings.